The molecule has 1 unspecified atom stereocenters. The van der Waals surface area contributed by atoms with Crippen LogP contribution in [0.4, 0.5) is 0 Å². The summed E-state index contributed by atoms with van der Waals surface area (Å²) in [5.74, 6) is -0.276. The van der Waals surface area contributed by atoms with Crippen LogP contribution in [0.1, 0.15) is 46.3 Å². The van der Waals surface area contributed by atoms with Gasteiger partial charge in [-0.2, -0.15) is 0 Å². The number of aliphatic hydroxyl groups is 1. The molecule has 0 radical (unpaired) electrons. The van der Waals surface area contributed by atoms with Crippen LogP contribution in [0.25, 0.3) is 10.3 Å². The summed E-state index contributed by atoms with van der Waals surface area (Å²) in [6, 6.07) is 6.90. The lowest BCUT2D eigenvalue weighted by atomic mass is 10.0. The van der Waals surface area contributed by atoms with Gasteiger partial charge in [0.25, 0.3) is 5.56 Å². The van der Waals surface area contributed by atoms with E-state index in [2.05, 4.69) is 20.9 Å². The van der Waals surface area contributed by atoms with E-state index < -0.39 is 34.5 Å². The Bertz CT molecular complexity index is 1320. The van der Waals surface area contributed by atoms with Gasteiger partial charge in [0.05, 0.1) is 13.7 Å². The minimum Gasteiger partial charge on any atom is -0.496 e. The zero-order valence-corrected chi connectivity index (χ0v) is 21.6. The standard InChI is InChI=1S/C22H26BrN3O6S/c1-21(2,3)32-18(29)22(4,5)26-16(28)15-17(33-19(23)24-15)25(20(26)30)11-13(27)12-9-7-8-10-14(12)31-6/h7-10,13,27H,11H2,1-6H3. The third kappa shape index (κ3) is 4.90. The van der Waals surface area contributed by atoms with Crippen LogP contribution in [0.15, 0.2) is 37.8 Å². The zero-order chi connectivity index (χ0) is 24.7. The predicted octanol–water partition coefficient (Wildman–Crippen LogP) is 3.20. The Morgan fingerprint density at radius 3 is 2.45 bits per heavy atom. The summed E-state index contributed by atoms with van der Waals surface area (Å²) in [5.41, 5.74) is -3.42. The van der Waals surface area contributed by atoms with Crippen molar-refractivity contribution in [2.75, 3.05) is 7.11 Å². The molecule has 0 aliphatic rings. The van der Waals surface area contributed by atoms with Crippen molar-refractivity contribution >= 4 is 43.6 Å². The van der Waals surface area contributed by atoms with E-state index in [-0.39, 0.29) is 16.9 Å². The molecular weight excluding hydrogens is 514 g/mol. The molecule has 2 aromatic heterocycles. The van der Waals surface area contributed by atoms with Gasteiger partial charge in [-0.3, -0.25) is 9.36 Å². The van der Waals surface area contributed by atoms with Gasteiger partial charge in [-0.1, -0.05) is 29.5 Å². The molecule has 3 rings (SSSR count). The molecule has 178 valence electrons. The van der Waals surface area contributed by atoms with Crippen molar-refractivity contribution < 1.29 is 19.4 Å². The molecule has 1 aromatic carbocycles. The second kappa shape index (κ2) is 9.03. The second-order valence-electron chi connectivity index (χ2n) is 8.97. The first-order valence-corrected chi connectivity index (χ1v) is 11.8. The number of methoxy groups -OCH3 is 1. The number of aliphatic hydroxyl groups excluding tert-OH is 1. The molecule has 2 heterocycles. The summed E-state index contributed by atoms with van der Waals surface area (Å²) in [4.78, 5) is 44.3. The molecule has 0 saturated carbocycles. The lowest BCUT2D eigenvalue weighted by Gasteiger charge is -2.30. The highest BCUT2D eigenvalue weighted by atomic mass is 79.9. The van der Waals surface area contributed by atoms with E-state index in [1.54, 1.807) is 45.0 Å². The minimum absolute atomic E-state index is 0.00957. The van der Waals surface area contributed by atoms with Crippen LogP contribution in [-0.4, -0.2) is 37.9 Å². The monoisotopic (exact) mass is 539 g/mol. The summed E-state index contributed by atoms with van der Waals surface area (Å²) in [6.45, 7) is 7.80. The van der Waals surface area contributed by atoms with Gasteiger partial charge < -0.3 is 14.6 Å². The molecule has 9 nitrogen and oxygen atoms in total. The van der Waals surface area contributed by atoms with Crippen LogP contribution in [0.2, 0.25) is 0 Å². The van der Waals surface area contributed by atoms with Crippen LogP contribution < -0.4 is 16.0 Å². The number of ether oxygens (including phenoxy) is 2. The number of benzene rings is 1. The highest BCUT2D eigenvalue weighted by Gasteiger charge is 2.38. The van der Waals surface area contributed by atoms with Crippen molar-refractivity contribution in [2.24, 2.45) is 0 Å². The molecule has 11 heteroatoms. The van der Waals surface area contributed by atoms with Gasteiger partial charge >= 0.3 is 11.7 Å². The molecule has 1 N–H and O–H groups in total. The predicted molar refractivity (Wildman–Crippen MR) is 129 cm³/mol. The number of aromatic nitrogens is 3. The third-order valence-electron chi connectivity index (χ3n) is 4.97. The van der Waals surface area contributed by atoms with Gasteiger partial charge in [-0.05, 0) is 56.6 Å². The van der Waals surface area contributed by atoms with E-state index in [0.717, 1.165) is 15.9 Å². The van der Waals surface area contributed by atoms with Crippen LogP contribution in [-0.2, 0) is 21.6 Å². The maximum atomic E-state index is 13.6. The highest BCUT2D eigenvalue weighted by molar-refractivity contribution is 9.11. The van der Waals surface area contributed by atoms with Crippen molar-refractivity contribution in [1.29, 1.82) is 0 Å². The first-order chi connectivity index (χ1) is 15.3. The summed E-state index contributed by atoms with van der Waals surface area (Å²) in [5, 5.41) is 11.0. The lowest BCUT2D eigenvalue weighted by Crippen LogP contribution is -2.54. The number of fused-ring (bicyclic) bond motifs is 1. The largest absolute Gasteiger partial charge is 0.496 e. The number of halogens is 1. The number of rotatable bonds is 6. The SMILES string of the molecule is COc1ccccc1C(O)Cn1c(=O)n(C(C)(C)C(=O)OC(C)(C)C)c(=O)c2nc(Br)sc21. The van der Waals surface area contributed by atoms with Crippen LogP contribution in [0.5, 0.6) is 5.75 Å². The zero-order valence-electron chi connectivity index (χ0n) is 19.2. The smallest absolute Gasteiger partial charge is 0.333 e. The van der Waals surface area contributed by atoms with Gasteiger partial charge in [0, 0.05) is 5.56 Å². The van der Waals surface area contributed by atoms with E-state index in [4.69, 9.17) is 9.47 Å². The number of nitrogens with zero attached hydrogens (tertiary/aromatic N) is 3. The van der Waals surface area contributed by atoms with Crippen molar-refractivity contribution in [3.8, 4) is 5.75 Å². The number of esters is 1. The molecule has 0 bridgehead atoms. The fourth-order valence-corrected chi connectivity index (χ4v) is 4.80. The molecular formula is C22H26BrN3O6S. The molecule has 33 heavy (non-hydrogen) atoms. The number of carbonyl (C=O) groups is 1. The van der Waals surface area contributed by atoms with E-state index in [9.17, 15) is 19.5 Å². The maximum absolute atomic E-state index is 13.6. The Morgan fingerprint density at radius 2 is 1.85 bits per heavy atom. The summed E-state index contributed by atoms with van der Waals surface area (Å²) < 4.78 is 13.3. The third-order valence-corrected chi connectivity index (χ3v) is 6.50. The van der Waals surface area contributed by atoms with E-state index >= 15 is 0 Å². The molecule has 0 fully saturated rings. The van der Waals surface area contributed by atoms with Crippen molar-refractivity contribution in [3.05, 3.63) is 54.6 Å². The molecule has 3 aromatic rings. The fraction of sp³-hybridized carbons (Fsp3) is 0.455. The summed E-state index contributed by atoms with van der Waals surface area (Å²) >= 11 is 4.35. The Morgan fingerprint density at radius 1 is 1.21 bits per heavy atom. The number of hydrogen-bond donors (Lipinski definition) is 1. The molecule has 1 atom stereocenters. The average molecular weight is 540 g/mol. The van der Waals surface area contributed by atoms with Crippen LogP contribution in [0, 0.1) is 0 Å². The number of para-hydroxylation sites is 1. The van der Waals surface area contributed by atoms with E-state index in [0.29, 0.717) is 15.2 Å². The summed E-state index contributed by atoms with van der Waals surface area (Å²) in [7, 11) is 1.49. The topological polar surface area (TPSA) is 113 Å². The number of carbonyl (C=O) groups excluding carboxylic acids is 1. The van der Waals surface area contributed by atoms with Gasteiger partial charge in [-0.25, -0.2) is 19.1 Å². The maximum Gasteiger partial charge on any atom is 0.333 e. The number of thiazole rings is 1. The lowest BCUT2D eigenvalue weighted by molar-refractivity contribution is -0.164. The van der Waals surface area contributed by atoms with Crippen molar-refractivity contribution in [3.63, 3.8) is 0 Å². The van der Waals surface area contributed by atoms with E-state index in [1.165, 1.54) is 25.5 Å². The van der Waals surface area contributed by atoms with Gasteiger partial charge in [0.2, 0.25) is 0 Å². The highest BCUT2D eigenvalue weighted by Crippen LogP contribution is 2.29. The molecule has 0 saturated heterocycles. The Balaban J connectivity index is 2.21. The molecule has 0 amide bonds. The summed E-state index contributed by atoms with van der Waals surface area (Å²) in [6.07, 6.45) is -1.13. The van der Waals surface area contributed by atoms with Crippen LogP contribution in [0.3, 0.4) is 0 Å². The molecule has 0 spiro atoms. The fourth-order valence-electron chi connectivity index (χ4n) is 3.37. The van der Waals surface area contributed by atoms with Crippen LogP contribution >= 0.6 is 27.3 Å². The Hall–Kier alpha value is -2.50. The average Bonchev–Trinajstić information content (AvgIpc) is 3.11. The number of hydrogen-bond acceptors (Lipinski definition) is 8. The van der Waals surface area contributed by atoms with Crippen molar-refractivity contribution in [1.82, 2.24) is 14.1 Å². The Labute approximate surface area is 202 Å². The first kappa shape index (κ1) is 25.1. The van der Waals surface area contributed by atoms with E-state index in [1.807, 2.05) is 0 Å². The van der Waals surface area contributed by atoms with Crippen molar-refractivity contribution in [2.45, 2.75) is 58.4 Å². The van der Waals surface area contributed by atoms with Gasteiger partial charge in [0.1, 0.15) is 27.8 Å². The minimum atomic E-state index is -1.62. The molecule has 0 aliphatic heterocycles. The molecule has 0 aliphatic carbocycles. The van der Waals surface area contributed by atoms with Gasteiger partial charge in [0.15, 0.2) is 9.43 Å². The quantitative estimate of drug-likeness (QED) is 0.478. The first-order valence-electron chi connectivity index (χ1n) is 10.1. The van der Waals surface area contributed by atoms with Gasteiger partial charge in [-0.15, -0.1) is 0 Å². The Kier molecular flexibility index (Phi) is 6.88. The second-order valence-corrected chi connectivity index (χ2v) is 11.2. The normalized spacial score (nSPS) is 13.2.